The molecule has 1 aromatic heterocycles. The van der Waals surface area contributed by atoms with Gasteiger partial charge < -0.3 is 9.64 Å². The molecule has 1 saturated heterocycles. The van der Waals surface area contributed by atoms with E-state index in [1.54, 1.807) is 17.2 Å². The van der Waals surface area contributed by atoms with Gasteiger partial charge in [-0.05, 0) is 48.2 Å². The molecule has 0 spiro atoms. The molecule has 0 saturated carbocycles. The number of carbonyl (C=O) groups excluding carboxylic acids is 2. The fourth-order valence-electron chi connectivity index (χ4n) is 2.29. The summed E-state index contributed by atoms with van der Waals surface area (Å²) < 4.78 is 5.75. The highest BCUT2D eigenvalue weighted by atomic mass is 79.9. The normalized spacial score (nSPS) is 18.7. The maximum absolute atomic E-state index is 12.0. The van der Waals surface area contributed by atoms with Gasteiger partial charge in [-0.15, -0.1) is 0 Å². The molecule has 0 aliphatic carbocycles. The highest BCUT2D eigenvalue weighted by molar-refractivity contribution is 9.10. The Kier molecular flexibility index (Phi) is 5.11. The van der Waals surface area contributed by atoms with Crippen molar-refractivity contribution in [3.05, 3.63) is 28.5 Å². The van der Waals surface area contributed by atoms with Crippen LogP contribution in [-0.4, -0.2) is 41.0 Å². The highest BCUT2D eigenvalue weighted by Crippen LogP contribution is 2.16. The Morgan fingerprint density at radius 2 is 2.25 bits per heavy atom. The highest BCUT2D eigenvalue weighted by Gasteiger charge is 2.24. The number of rotatable bonds is 3. The zero-order valence-electron chi connectivity index (χ0n) is 11.3. The summed E-state index contributed by atoms with van der Waals surface area (Å²) in [5, 5.41) is 0. The molecular formula is C14H17BrN2O3. The van der Waals surface area contributed by atoms with Crippen LogP contribution in [0.2, 0.25) is 0 Å². The maximum Gasteiger partial charge on any atom is 0.340 e. The van der Waals surface area contributed by atoms with Crippen molar-refractivity contribution in [1.82, 2.24) is 9.88 Å². The number of aromatic nitrogens is 1. The molecule has 0 aromatic carbocycles. The van der Waals surface area contributed by atoms with E-state index >= 15 is 0 Å². The SMILES string of the molecule is CC1CCCCN1C(=O)COC(=O)c1cncc(Br)c1. The van der Waals surface area contributed by atoms with E-state index in [-0.39, 0.29) is 18.6 Å². The number of amides is 1. The maximum atomic E-state index is 12.0. The second-order valence-corrected chi connectivity index (χ2v) is 5.82. The smallest absolute Gasteiger partial charge is 0.340 e. The van der Waals surface area contributed by atoms with Crippen LogP contribution in [0.5, 0.6) is 0 Å². The first-order valence-electron chi connectivity index (χ1n) is 6.65. The van der Waals surface area contributed by atoms with Gasteiger partial charge in [0.1, 0.15) is 0 Å². The largest absolute Gasteiger partial charge is 0.452 e. The average molecular weight is 341 g/mol. The van der Waals surface area contributed by atoms with Gasteiger partial charge in [0.15, 0.2) is 6.61 Å². The van der Waals surface area contributed by atoms with Crippen molar-refractivity contribution in [3.63, 3.8) is 0 Å². The van der Waals surface area contributed by atoms with Crippen molar-refractivity contribution in [3.8, 4) is 0 Å². The molecule has 1 aliphatic heterocycles. The molecule has 1 fully saturated rings. The lowest BCUT2D eigenvalue weighted by Gasteiger charge is -2.33. The Bertz CT molecular complexity index is 507. The van der Waals surface area contributed by atoms with Gasteiger partial charge in [0.25, 0.3) is 5.91 Å². The number of hydrogen-bond donors (Lipinski definition) is 0. The topological polar surface area (TPSA) is 59.5 Å². The summed E-state index contributed by atoms with van der Waals surface area (Å²) in [6, 6.07) is 1.84. The zero-order valence-corrected chi connectivity index (χ0v) is 12.9. The van der Waals surface area contributed by atoms with E-state index in [9.17, 15) is 9.59 Å². The van der Waals surface area contributed by atoms with Crippen LogP contribution >= 0.6 is 15.9 Å². The fraction of sp³-hybridized carbons (Fsp3) is 0.500. The second-order valence-electron chi connectivity index (χ2n) is 4.90. The summed E-state index contributed by atoms with van der Waals surface area (Å²) in [6.07, 6.45) is 6.17. The van der Waals surface area contributed by atoms with Crippen LogP contribution in [0, 0.1) is 0 Å². The number of ether oxygens (including phenoxy) is 1. The summed E-state index contributed by atoms with van der Waals surface area (Å²) in [6.45, 7) is 2.56. The van der Waals surface area contributed by atoms with Crippen molar-refractivity contribution >= 4 is 27.8 Å². The Morgan fingerprint density at radius 3 is 2.95 bits per heavy atom. The summed E-state index contributed by atoms with van der Waals surface area (Å²) in [5.41, 5.74) is 0.332. The number of esters is 1. The Labute approximate surface area is 126 Å². The van der Waals surface area contributed by atoms with Crippen molar-refractivity contribution in [2.75, 3.05) is 13.2 Å². The third kappa shape index (κ3) is 3.79. The van der Waals surface area contributed by atoms with Crippen LogP contribution in [0.3, 0.4) is 0 Å². The third-order valence-corrected chi connectivity index (χ3v) is 3.82. The van der Waals surface area contributed by atoms with Crippen molar-refractivity contribution in [1.29, 1.82) is 0 Å². The van der Waals surface area contributed by atoms with E-state index < -0.39 is 5.97 Å². The minimum atomic E-state index is -0.531. The van der Waals surface area contributed by atoms with Gasteiger partial charge in [-0.3, -0.25) is 9.78 Å². The molecule has 1 atom stereocenters. The van der Waals surface area contributed by atoms with E-state index in [1.807, 2.05) is 6.92 Å². The summed E-state index contributed by atoms with van der Waals surface area (Å²) >= 11 is 3.24. The van der Waals surface area contributed by atoms with E-state index in [0.29, 0.717) is 10.0 Å². The summed E-state index contributed by atoms with van der Waals surface area (Å²) in [7, 11) is 0. The minimum absolute atomic E-state index is 0.131. The van der Waals surface area contributed by atoms with Gasteiger partial charge in [-0.25, -0.2) is 4.79 Å². The Hall–Kier alpha value is -1.43. The standard InChI is InChI=1S/C14H17BrN2O3/c1-10-4-2-3-5-17(10)13(18)9-20-14(19)11-6-12(15)8-16-7-11/h6-8,10H,2-5,9H2,1H3. The molecular weight excluding hydrogens is 324 g/mol. The zero-order chi connectivity index (χ0) is 14.5. The van der Waals surface area contributed by atoms with Crippen LogP contribution < -0.4 is 0 Å². The molecule has 0 radical (unpaired) electrons. The fourth-order valence-corrected chi connectivity index (χ4v) is 2.65. The molecule has 1 aromatic rings. The van der Waals surface area contributed by atoms with Crippen molar-refractivity contribution < 1.29 is 14.3 Å². The molecule has 0 bridgehead atoms. The number of hydrogen-bond acceptors (Lipinski definition) is 4. The molecule has 6 heteroatoms. The first-order valence-corrected chi connectivity index (χ1v) is 7.44. The van der Waals surface area contributed by atoms with Gasteiger partial charge in [0.05, 0.1) is 5.56 Å². The molecule has 0 N–H and O–H groups in total. The van der Waals surface area contributed by atoms with E-state index in [0.717, 1.165) is 25.8 Å². The molecule has 1 unspecified atom stereocenters. The molecule has 1 aliphatic rings. The van der Waals surface area contributed by atoms with Gasteiger partial charge in [-0.1, -0.05) is 0 Å². The number of likely N-dealkylation sites (tertiary alicyclic amines) is 1. The quantitative estimate of drug-likeness (QED) is 0.792. The Morgan fingerprint density at radius 1 is 1.45 bits per heavy atom. The lowest BCUT2D eigenvalue weighted by atomic mass is 10.0. The monoisotopic (exact) mass is 340 g/mol. The number of halogens is 1. The molecule has 2 rings (SSSR count). The first-order chi connectivity index (χ1) is 9.58. The van der Waals surface area contributed by atoms with Gasteiger partial charge in [-0.2, -0.15) is 0 Å². The number of carbonyl (C=O) groups is 2. The van der Waals surface area contributed by atoms with Gasteiger partial charge in [0.2, 0.25) is 0 Å². The second kappa shape index (κ2) is 6.83. The van der Waals surface area contributed by atoms with Crippen LogP contribution in [-0.2, 0) is 9.53 Å². The predicted molar refractivity (Wildman–Crippen MR) is 77.2 cm³/mol. The molecule has 20 heavy (non-hydrogen) atoms. The molecule has 2 heterocycles. The predicted octanol–water partition coefficient (Wildman–Crippen LogP) is 2.40. The number of piperidine rings is 1. The van der Waals surface area contributed by atoms with E-state index in [1.165, 1.54) is 6.20 Å². The number of nitrogens with zero attached hydrogens (tertiary/aromatic N) is 2. The van der Waals surface area contributed by atoms with Crippen molar-refractivity contribution in [2.45, 2.75) is 32.2 Å². The van der Waals surface area contributed by atoms with Crippen LogP contribution in [0.25, 0.3) is 0 Å². The van der Waals surface area contributed by atoms with Gasteiger partial charge in [0, 0.05) is 29.5 Å². The average Bonchev–Trinajstić information content (AvgIpc) is 2.45. The summed E-state index contributed by atoms with van der Waals surface area (Å²) in [5.74, 6) is -0.662. The van der Waals surface area contributed by atoms with Crippen LogP contribution in [0.15, 0.2) is 22.9 Å². The van der Waals surface area contributed by atoms with E-state index in [4.69, 9.17) is 4.74 Å². The van der Waals surface area contributed by atoms with Crippen LogP contribution in [0.4, 0.5) is 0 Å². The van der Waals surface area contributed by atoms with Crippen LogP contribution in [0.1, 0.15) is 36.5 Å². The van der Waals surface area contributed by atoms with Crippen molar-refractivity contribution in [2.24, 2.45) is 0 Å². The number of pyridine rings is 1. The molecule has 1 amide bonds. The minimum Gasteiger partial charge on any atom is -0.452 e. The molecule has 108 valence electrons. The Balaban J connectivity index is 1.88. The lowest BCUT2D eigenvalue weighted by Crippen LogP contribution is -2.44. The summed E-state index contributed by atoms with van der Waals surface area (Å²) in [4.78, 5) is 29.5. The molecule has 5 nitrogen and oxygen atoms in total. The first kappa shape index (κ1) is 15.0. The third-order valence-electron chi connectivity index (χ3n) is 3.39. The lowest BCUT2D eigenvalue weighted by molar-refractivity contribution is -0.137. The van der Waals surface area contributed by atoms with E-state index in [2.05, 4.69) is 20.9 Å². The van der Waals surface area contributed by atoms with Gasteiger partial charge >= 0.3 is 5.97 Å².